The Morgan fingerprint density at radius 2 is 2.36 bits per heavy atom. The number of H-pyrrole nitrogens is 1. The number of rotatable bonds is 1. The first-order chi connectivity index (χ1) is 5.27. The van der Waals surface area contributed by atoms with E-state index in [4.69, 9.17) is 5.26 Å². The number of hydrogen-bond donors (Lipinski definition) is 1. The summed E-state index contributed by atoms with van der Waals surface area (Å²) in [6.07, 6.45) is 0. The molecule has 0 aliphatic rings. The second-order valence-electron chi connectivity index (χ2n) is 1.97. The molecule has 0 aliphatic heterocycles. The predicted octanol–water partition coefficient (Wildman–Crippen LogP) is 1.14. The molecule has 0 aromatic carbocycles. The third-order valence-electron chi connectivity index (χ3n) is 1.23. The Bertz CT molecular complexity index is 350. The van der Waals surface area contributed by atoms with Gasteiger partial charge in [0.25, 0.3) is 5.56 Å². The number of halogens is 1. The van der Waals surface area contributed by atoms with Gasteiger partial charge >= 0.3 is 0 Å². The Labute approximate surface area is 71.8 Å². The molecule has 0 amide bonds. The van der Waals surface area contributed by atoms with E-state index in [0.717, 1.165) is 5.69 Å². The van der Waals surface area contributed by atoms with Gasteiger partial charge in [-0.05, 0) is 12.1 Å². The number of aromatic nitrogens is 1. The minimum absolute atomic E-state index is 0.148. The van der Waals surface area contributed by atoms with E-state index in [1.54, 1.807) is 12.1 Å². The lowest BCUT2D eigenvalue weighted by Gasteiger charge is -1.93. The van der Waals surface area contributed by atoms with Gasteiger partial charge in [0.15, 0.2) is 0 Å². The first-order valence-corrected chi connectivity index (χ1v) is 4.08. The molecule has 1 aromatic heterocycles. The summed E-state index contributed by atoms with van der Waals surface area (Å²) in [5.74, 6) is 0. The quantitative estimate of drug-likeness (QED) is 0.711. The summed E-state index contributed by atoms with van der Waals surface area (Å²) >= 11 is 3.19. The second kappa shape index (κ2) is 3.35. The molecule has 0 fully saturated rings. The minimum atomic E-state index is -0.329. The SMILES string of the molecule is N#Cc1ccc(CBr)[nH]c1=O. The average molecular weight is 213 g/mol. The molecule has 4 heteroatoms. The summed E-state index contributed by atoms with van der Waals surface area (Å²) < 4.78 is 0. The van der Waals surface area contributed by atoms with Crippen molar-refractivity contribution in [2.75, 3.05) is 0 Å². The van der Waals surface area contributed by atoms with Crippen LogP contribution >= 0.6 is 15.9 Å². The highest BCUT2D eigenvalue weighted by Crippen LogP contribution is 1.98. The highest BCUT2D eigenvalue weighted by atomic mass is 79.9. The molecule has 0 saturated heterocycles. The highest BCUT2D eigenvalue weighted by molar-refractivity contribution is 9.08. The standard InChI is InChI=1S/C7H5BrN2O/c8-3-6-2-1-5(4-9)7(11)10-6/h1-2H,3H2,(H,10,11). The van der Waals surface area contributed by atoms with Gasteiger partial charge in [0, 0.05) is 11.0 Å². The number of nitrogens with one attached hydrogen (secondary N) is 1. The fourth-order valence-electron chi connectivity index (χ4n) is 0.680. The van der Waals surface area contributed by atoms with Crippen molar-refractivity contribution < 1.29 is 0 Å². The molecule has 1 rings (SSSR count). The lowest BCUT2D eigenvalue weighted by molar-refractivity contribution is 1.12. The van der Waals surface area contributed by atoms with Gasteiger partial charge in [-0.3, -0.25) is 4.79 Å². The lowest BCUT2D eigenvalue weighted by Crippen LogP contribution is -2.10. The molecule has 1 heterocycles. The van der Waals surface area contributed by atoms with Crippen LogP contribution in [0.5, 0.6) is 0 Å². The van der Waals surface area contributed by atoms with Gasteiger partial charge in [0.2, 0.25) is 0 Å². The molecule has 0 saturated carbocycles. The van der Waals surface area contributed by atoms with Crippen molar-refractivity contribution in [3.8, 4) is 6.07 Å². The molecule has 56 valence electrons. The molecule has 0 bridgehead atoms. The molecule has 0 radical (unpaired) electrons. The van der Waals surface area contributed by atoms with E-state index in [2.05, 4.69) is 20.9 Å². The maximum absolute atomic E-state index is 10.9. The first kappa shape index (κ1) is 8.02. The van der Waals surface area contributed by atoms with E-state index in [9.17, 15) is 4.79 Å². The summed E-state index contributed by atoms with van der Waals surface area (Å²) in [4.78, 5) is 13.5. The van der Waals surface area contributed by atoms with Crippen molar-refractivity contribution in [1.29, 1.82) is 5.26 Å². The smallest absolute Gasteiger partial charge is 0.266 e. The molecule has 0 unspecified atom stereocenters. The van der Waals surface area contributed by atoms with Gasteiger partial charge in [0.05, 0.1) is 0 Å². The Morgan fingerprint density at radius 3 is 2.82 bits per heavy atom. The molecular weight excluding hydrogens is 208 g/mol. The maximum atomic E-state index is 10.9. The van der Waals surface area contributed by atoms with E-state index in [1.165, 1.54) is 6.07 Å². The van der Waals surface area contributed by atoms with Crippen molar-refractivity contribution in [1.82, 2.24) is 4.98 Å². The lowest BCUT2D eigenvalue weighted by atomic mass is 10.3. The highest BCUT2D eigenvalue weighted by Gasteiger charge is 1.97. The topological polar surface area (TPSA) is 56.6 Å². The Hall–Kier alpha value is -1.08. The van der Waals surface area contributed by atoms with E-state index >= 15 is 0 Å². The summed E-state index contributed by atoms with van der Waals surface area (Å²) in [5, 5.41) is 8.99. The number of aromatic amines is 1. The number of alkyl halides is 1. The van der Waals surface area contributed by atoms with Crippen LogP contribution in [0.2, 0.25) is 0 Å². The molecule has 0 spiro atoms. The average Bonchev–Trinajstić information content (AvgIpc) is 2.04. The zero-order chi connectivity index (χ0) is 8.27. The normalized spacial score (nSPS) is 9.09. The summed E-state index contributed by atoms with van der Waals surface area (Å²) in [6.45, 7) is 0. The van der Waals surface area contributed by atoms with Gasteiger partial charge in [0.1, 0.15) is 11.6 Å². The Morgan fingerprint density at radius 1 is 1.64 bits per heavy atom. The molecule has 0 atom stereocenters. The molecule has 1 aromatic rings. The summed E-state index contributed by atoms with van der Waals surface area (Å²) in [5.41, 5.74) is 0.591. The van der Waals surface area contributed by atoms with Gasteiger partial charge < -0.3 is 4.98 Å². The first-order valence-electron chi connectivity index (χ1n) is 2.96. The van der Waals surface area contributed by atoms with Crippen molar-refractivity contribution in [2.45, 2.75) is 5.33 Å². The van der Waals surface area contributed by atoms with Crippen LogP contribution in [0.4, 0.5) is 0 Å². The fraction of sp³-hybridized carbons (Fsp3) is 0.143. The van der Waals surface area contributed by atoms with Crippen LogP contribution in [0, 0.1) is 11.3 Å². The monoisotopic (exact) mass is 212 g/mol. The van der Waals surface area contributed by atoms with Crippen molar-refractivity contribution in [3.63, 3.8) is 0 Å². The predicted molar refractivity (Wildman–Crippen MR) is 44.4 cm³/mol. The fourth-order valence-corrected chi connectivity index (χ4v) is 1.01. The maximum Gasteiger partial charge on any atom is 0.266 e. The van der Waals surface area contributed by atoms with Crippen LogP contribution in [0.15, 0.2) is 16.9 Å². The third kappa shape index (κ3) is 1.69. The summed E-state index contributed by atoms with van der Waals surface area (Å²) in [7, 11) is 0. The molecular formula is C7H5BrN2O. The van der Waals surface area contributed by atoms with Crippen molar-refractivity contribution in [3.05, 3.63) is 33.7 Å². The Balaban J connectivity index is 3.23. The van der Waals surface area contributed by atoms with E-state index in [1.807, 2.05) is 0 Å². The van der Waals surface area contributed by atoms with Crippen molar-refractivity contribution >= 4 is 15.9 Å². The van der Waals surface area contributed by atoms with Crippen LogP contribution in [0.3, 0.4) is 0 Å². The Kier molecular flexibility index (Phi) is 2.44. The molecule has 11 heavy (non-hydrogen) atoms. The molecule has 0 aliphatic carbocycles. The van der Waals surface area contributed by atoms with Gasteiger partial charge in [-0.25, -0.2) is 0 Å². The van der Waals surface area contributed by atoms with Crippen LogP contribution < -0.4 is 5.56 Å². The number of pyridine rings is 1. The van der Waals surface area contributed by atoms with E-state index in [0.29, 0.717) is 5.33 Å². The largest absolute Gasteiger partial charge is 0.324 e. The molecule has 1 N–H and O–H groups in total. The zero-order valence-electron chi connectivity index (χ0n) is 5.60. The zero-order valence-corrected chi connectivity index (χ0v) is 7.18. The van der Waals surface area contributed by atoms with Crippen LogP contribution in [-0.2, 0) is 5.33 Å². The second-order valence-corrected chi connectivity index (χ2v) is 2.53. The minimum Gasteiger partial charge on any atom is -0.324 e. The summed E-state index contributed by atoms with van der Waals surface area (Å²) in [6, 6.07) is 5.00. The number of nitriles is 1. The number of hydrogen-bond acceptors (Lipinski definition) is 2. The third-order valence-corrected chi connectivity index (χ3v) is 1.84. The van der Waals surface area contributed by atoms with Gasteiger partial charge in [-0.2, -0.15) is 5.26 Å². The van der Waals surface area contributed by atoms with Crippen LogP contribution in [-0.4, -0.2) is 4.98 Å². The van der Waals surface area contributed by atoms with Crippen LogP contribution in [0.25, 0.3) is 0 Å². The van der Waals surface area contributed by atoms with Crippen LogP contribution in [0.1, 0.15) is 11.3 Å². The van der Waals surface area contributed by atoms with Crippen molar-refractivity contribution in [2.24, 2.45) is 0 Å². The van der Waals surface area contributed by atoms with E-state index < -0.39 is 0 Å². The number of nitrogens with zero attached hydrogens (tertiary/aromatic N) is 1. The molecule has 3 nitrogen and oxygen atoms in total. The van der Waals surface area contributed by atoms with Gasteiger partial charge in [-0.1, -0.05) is 15.9 Å². The van der Waals surface area contributed by atoms with Gasteiger partial charge in [-0.15, -0.1) is 0 Å². The van der Waals surface area contributed by atoms with E-state index in [-0.39, 0.29) is 11.1 Å².